The normalized spacial score (nSPS) is 21.1. The predicted molar refractivity (Wildman–Crippen MR) is 91.8 cm³/mol. The van der Waals surface area contributed by atoms with Gasteiger partial charge in [-0.2, -0.15) is 12.7 Å². The third kappa shape index (κ3) is 4.20. The minimum absolute atomic E-state index is 0.0732. The molecule has 0 radical (unpaired) electrons. The second-order valence-electron chi connectivity index (χ2n) is 5.32. The molecule has 0 saturated heterocycles. The Balaban J connectivity index is 2.43. The van der Waals surface area contributed by atoms with Crippen molar-refractivity contribution < 1.29 is 31.4 Å². The molecule has 1 atom stereocenters. The van der Waals surface area contributed by atoms with E-state index in [0.717, 1.165) is 10.4 Å². The highest BCUT2D eigenvalue weighted by Crippen LogP contribution is 2.40. The van der Waals surface area contributed by atoms with Gasteiger partial charge in [-0.3, -0.25) is 0 Å². The van der Waals surface area contributed by atoms with Crippen LogP contribution in [0.25, 0.3) is 0 Å². The van der Waals surface area contributed by atoms with Crippen LogP contribution >= 0.6 is 11.3 Å². The van der Waals surface area contributed by atoms with Crippen molar-refractivity contribution in [2.75, 3.05) is 33.9 Å². The first kappa shape index (κ1) is 20.3. The Kier molecular flexibility index (Phi) is 6.22. The summed E-state index contributed by atoms with van der Waals surface area (Å²) in [5.74, 6) is -0.0732. The lowest BCUT2D eigenvalue weighted by Gasteiger charge is -2.29. The van der Waals surface area contributed by atoms with E-state index in [1.807, 2.05) is 0 Å². The van der Waals surface area contributed by atoms with Crippen LogP contribution < -0.4 is 0 Å². The van der Waals surface area contributed by atoms with E-state index in [0.29, 0.717) is 24.4 Å². The summed E-state index contributed by atoms with van der Waals surface area (Å²) in [7, 11) is -5.20. The van der Waals surface area contributed by atoms with Crippen molar-refractivity contribution in [1.29, 1.82) is 0 Å². The Bertz CT molecular complexity index is 858. The van der Waals surface area contributed by atoms with E-state index >= 15 is 0 Å². The molecule has 25 heavy (non-hydrogen) atoms. The zero-order chi connectivity index (χ0) is 18.8. The minimum atomic E-state index is -4.11. The molecule has 0 aromatic carbocycles. The van der Waals surface area contributed by atoms with Gasteiger partial charge in [0, 0.05) is 39.3 Å². The van der Waals surface area contributed by atoms with E-state index in [1.54, 1.807) is 0 Å². The number of nitrogens with zero attached hydrogens (tertiary/aromatic N) is 2. The summed E-state index contributed by atoms with van der Waals surface area (Å²) in [5.41, 5.74) is 0.0804. The summed E-state index contributed by atoms with van der Waals surface area (Å²) >= 11 is 0.577. The first-order chi connectivity index (χ1) is 11.6. The maximum atomic E-state index is 12.7. The van der Waals surface area contributed by atoms with Crippen LogP contribution in [0.2, 0.25) is 0 Å². The van der Waals surface area contributed by atoms with Crippen LogP contribution in [0.5, 0.6) is 0 Å². The van der Waals surface area contributed by atoms with Crippen LogP contribution in [0.1, 0.15) is 25.0 Å². The van der Waals surface area contributed by atoms with E-state index in [4.69, 9.17) is 9.47 Å². The van der Waals surface area contributed by atoms with Crippen molar-refractivity contribution in [1.82, 2.24) is 4.31 Å². The minimum Gasteiger partial charge on any atom is -0.484 e. The molecule has 0 unspecified atom stereocenters. The van der Waals surface area contributed by atoms with Crippen molar-refractivity contribution in [2.24, 2.45) is 4.40 Å². The van der Waals surface area contributed by atoms with Crippen LogP contribution in [-0.4, -0.2) is 66.1 Å². The van der Waals surface area contributed by atoms with Crippen LogP contribution in [0.3, 0.4) is 0 Å². The molecule has 2 rings (SSSR count). The monoisotopic (exact) mass is 412 g/mol. The molecule has 12 heteroatoms. The molecule has 0 bridgehead atoms. The third-order valence-corrected chi connectivity index (χ3v) is 8.91. The standard InChI is InChI=1S/C13H20N2O7S3/c1-9(22-3)14-24(17,18)12-7-10-11(16)8-15(5-4-6-21-2)25(19,20)13(10)23-12/h7,11,16H,4-6,8H2,1-3H3/t11-/m0/s1. The Morgan fingerprint density at radius 3 is 2.76 bits per heavy atom. The fraction of sp³-hybridized carbons (Fsp3) is 0.615. The molecule has 9 nitrogen and oxygen atoms in total. The number of fused-ring (bicyclic) bond motifs is 1. The van der Waals surface area contributed by atoms with Gasteiger partial charge in [0.2, 0.25) is 0 Å². The molecule has 2 heterocycles. The molecule has 0 fully saturated rings. The van der Waals surface area contributed by atoms with E-state index < -0.39 is 26.2 Å². The number of thiophene rings is 1. The summed E-state index contributed by atoms with van der Waals surface area (Å²) in [6.45, 7) is 1.79. The molecule has 0 spiro atoms. The van der Waals surface area contributed by atoms with Crippen molar-refractivity contribution in [3.63, 3.8) is 0 Å². The number of rotatable bonds is 6. The molecule has 1 aliphatic rings. The first-order valence-electron chi connectivity index (χ1n) is 7.30. The summed E-state index contributed by atoms with van der Waals surface area (Å²) in [6, 6.07) is 1.16. The average molecular weight is 413 g/mol. The molecular weight excluding hydrogens is 392 g/mol. The average Bonchev–Trinajstić information content (AvgIpc) is 3.00. The first-order valence-corrected chi connectivity index (χ1v) is 11.0. The van der Waals surface area contributed by atoms with Crippen molar-refractivity contribution in [3.05, 3.63) is 11.6 Å². The Morgan fingerprint density at radius 2 is 2.16 bits per heavy atom. The molecule has 0 saturated carbocycles. The Morgan fingerprint density at radius 1 is 1.48 bits per heavy atom. The summed E-state index contributed by atoms with van der Waals surface area (Å²) in [5, 5.41) is 10.2. The van der Waals surface area contributed by atoms with Gasteiger partial charge in [0.25, 0.3) is 20.0 Å². The van der Waals surface area contributed by atoms with Gasteiger partial charge in [0.05, 0.1) is 13.2 Å². The second-order valence-corrected chi connectivity index (χ2v) is 10.3. The third-order valence-electron chi connectivity index (χ3n) is 3.57. The van der Waals surface area contributed by atoms with E-state index in [1.165, 1.54) is 21.1 Å². The lowest BCUT2D eigenvalue weighted by Crippen LogP contribution is -2.39. The molecule has 1 aliphatic heterocycles. The fourth-order valence-electron chi connectivity index (χ4n) is 2.28. The van der Waals surface area contributed by atoms with Crippen molar-refractivity contribution in [2.45, 2.75) is 27.9 Å². The van der Waals surface area contributed by atoms with E-state index in [9.17, 15) is 21.9 Å². The SMILES string of the molecule is COCCCN1C[C@H](O)c2cc(S(=O)(=O)N=C(C)OC)sc2S1(=O)=O. The highest BCUT2D eigenvalue weighted by molar-refractivity contribution is 7.94. The number of aliphatic hydroxyl groups excluding tert-OH is 1. The van der Waals surface area contributed by atoms with E-state index in [-0.39, 0.29) is 33.0 Å². The summed E-state index contributed by atoms with van der Waals surface area (Å²) in [4.78, 5) is 0. The maximum Gasteiger partial charge on any atom is 0.294 e. The van der Waals surface area contributed by atoms with Gasteiger partial charge in [-0.1, -0.05) is 0 Å². The molecule has 0 amide bonds. The molecule has 142 valence electrons. The lowest BCUT2D eigenvalue weighted by molar-refractivity contribution is 0.131. The summed E-state index contributed by atoms with van der Waals surface area (Å²) in [6.07, 6.45) is -0.639. The quantitative estimate of drug-likeness (QED) is 0.412. The maximum absolute atomic E-state index is 12.7. The molecular formula is C13H20N2O7S3. The van der Waals surface area contributed by atoms with Crippen LogP contribution in [-0.2, 0) is 29.5 Å². The van der Waals surface area contributed by atoms with Crippen LogP contribution in [0.15, 0.2) is 18.9 Å². The van der Waals surface area contributed by atoms with Gasteiger partial charge >= 0.3 is 0 Å². The summed E-state index contributed by atoms with van der Waals surface area (Å²) < 4.78 is 63.7. The van der Waals surface area contributed by atoms with Crippen molar-refractivity contribution >= 4 is 37.3 Å². The fourth-order valence-corrected chi connectivity index (χ4v) is 7.12. The predicted octanol–water partition coefficient (Wildman–Crippen LogP) is 0.576. The Labute approximate surface area is 151 Å². The van der Waals surface area contributed by atoms with Gasteiger partial charge < -0.3 is 14.6 Å². The Hall–Kier alpha value is -1.05. The molecule has 1 aromatic rings. The molecule has 1 aromatic heterocycles. The smallest absolute Gasteiger partial charge is 0.294 e. The van der Waals surface area contributed by atoms with Gasteiger partial charge in [0.15, 0.2) is 5.90 Å². The number of ether oxygens (including phenoxy) is 2. The zero-order valence-corrected chi connectivity index (χ0v) is 16.4. The number of methoxy groups -OCH3 is 2. The van der Waals surface area contributed by atoms with Crippen LogP contribution in [0, 0.1) is 0 Å². The topological polar surface area (TPSA) is 123 Å². The highest BCUT2D eigenvalue weighted by atomic mass is 32.3. The molecule has 0 aliphatic carbocycles. The zero-order valence-electron chi connectivity index (χ0n) is 14.0. The van der Waals surface area contributed by atoms with E-state index in [2.05, 4.69) is 4.40 Å². The number of sulfonamides is 2. The van der Waals surface area contributed by atoms with Crippen LogP contribution in [0.4, 0.5) is 0 Å². The van der Waals surface area contributed by atoms with Gasteiger partial charge in [-0.05, 0) is 12.5 Å². The number of hydrogen-bond donors (Lipinski definition) is 1. The van der Waals surface area contributed by atoms with Gasteiger partial charge in [-0.25, -0.2) is 8.42 Å². The van der Waals surface area contributed by atoms with Crippen molar-refractivity contribution in [3.8, 4) is 0 Å². The lowest BCUT2D eigenvalue weighted by atomic mass is 10.2. The number of hydrogen-bond acceptors (Lipinski definition) is 8. The number of aliphatic hydroxyl groups is 1. The largest absolute Gasteiger partial charge is 0.484 e. The highest BCUT2D eigenvalue weighted by Gasteiger charge is 2.39. The number of β-amino-alcohol motifs (C(OH)–C–C–N with tert-alkyl or cyclic N) is 1. The van der Waals surface area contributed by atoms with Gasteiger partial charge in [0.1, 0.15) is 8.42 Å². The second kappa shape index (κ2) is 7.68. The molecule has 1 N–H and O–H groups in total. The van der Waals surface area contributed by atoms with Gasteiger partial charge in [-0.15, -0.1) is 15.7 Å².